The van der Waals surface area contributed by atoms with Crippen LogP contribution in [0.25, 0.3) is 0 Å². The molecule has 0 aliphatic carbocycles. The van der Waals surface area contributed by atoms with E-state index >= 15 is 0 Å². The third-order valence-corrected chi connectivity index (χ3v) is 3.20. The quantitative estimate of drug-likeness (QED) is 0.204. The number of hydrogen-bond donors (Lipinski definition) is 2. The van der Waals surface area contributed by atoms with Crippen molar-refractivity contribution in [3.8, 4) is 0 Å². The van der Waals surface area contributed by atoms with E-state index in [0.29, 0.717) is 0 Å². The molecule has 0 fully saturated rings. The summed E-state index contributed by atoms with van der Waals surface area (Å²) in [6, 6.07) is -1.07. The Kier molecular flexibility index (Phi) is 10.5. The predicted molar refractivity (Wildman–Crippen MR) is 56.6 cm³/mol. The molecule has 3 unspecified atom stereocenters. The molecule has 0 bridgehead atoms. The number of hydrogen-bond acceptors (Lipinski definition) is 7. The fourth-order valence-corrected chi connectivity index (χ4v) is 1.69. The van der Waals surface area contributed by atoms with Crippen molar-refractivity contribution in [2.45, 2.75) is 50.2 Å². The van der Waals surface area contributed by atoms with Crippen molar-refractivity contribution in [3.63, 3.8) is 0 Å². The first kappa shape index (κ1) is 20.5. The molecule has 0 saturated carbocycles. The second-order valence-electron chi connectivity index (χ2n) is 3.89. The van der Waals surface area contributed by atoms with Gasteiger partial charge >= 0.3 is 29.6 Å². The van der Waals surface area contributed by atoms with Gasteiger partial charge in [-0.2, -0.15) is 0 Å². The van der Waals surface area contributed by atoms with Crippen molar-refractivity contribution in [2.75, 3.05) is 0 Å². The molecule has 102 valence electrons. The van der Waals surface area contributed by atoms with Gasteiger partial charge in [0.1, 0.15) is 15.6 Å². The molecule has 0 aliphatic heterocycles. The molecule has 10 heteroatoms. The summed E-state index contributed by atoms with van der Waals surface area (Å²) in [6.45, 7) is 1.48. The van der Waals surface area contributed by atoms with Crippen molar-refractivity contribution in [1.29, 1.82) is 0 Å². The maximum Gasteiger partial charge on any atom is 1.00 e. The van der Waals surface area contributed by atoms with Gasteiger partial charge < -0.3 is 14.8 Å². The van der Waals surface area contributed by atoms with E-state index in [0.717, 1.165) is 0 Å². The summed E-state index contributed by atoms with van der Waals surface area (Å²) in [4.78, 5) is 9.98. The van der Waals surface area contributed by atoms with Crippen molar-refractivity contribution in [3.05, 3.63) is 10.1 Å². The van der Waals surface area contributed by atoms with Crippen LogP contribution >= 0.6 is 0 Å². The summed E-state index contributed by atoms with van der Waals surface area (Å²) < 4.78 is 31.1. The standard InChI is InChI=1S/C8H17NO7S.Na/c1-6(10)2-3-7(9(12)13)4-5-8(11)17(14,15)16;/h6-8,10-11H,2-5H2,1H3,(H,14,15,16);/q;+1/p-1. The Hall–Kier alpha value is 0.230. The topological polar surface area (TPSA) is 141 Å². The van der Waals surface area contributed by atoms with Gasteiger partial charge in [0.2, 0.25) is 6.04 Å². The third-order valence-electron chi connectivity index (χ3n) is 2.30. The molecule has 0 rings (SSSR count). The molecular formula is C8H16NNaO7S. The summed E-state index contributed by atoms with van der Waals surface area (Å²) in [5.74, 6) is 0. The van der Waals surface area contributed by atoms with E-state index in [1.54, 1.807) is 0 Å². The zero-order valence-electron chi connectivity index (χ0n) is 10.4. The van der Waals surface area contributed by atoms with Crippen LogP contribution < -0.4 is 29.6 Å². The van der Waals surface area contributed by atoms with Crippen LogP contribution in [0, 0.1) is 10.1 Å². The average Bonchev–Trinajstić information content (AvgIpc) is 2.14. The Labute approximate surface area is 128 Å². The first-order valence-electron chi connectivity index (χ1n) is 5.09. The summed E-state index contributed by atoms with van der Waals surface area (Å²) in [5, 5.41) is 28.5. The van der Waals surface area contributed by atoms with Gasteiger partial charge in [-0.3, -0.25) is 10.1 Å². The Morgan fingerprint density at radius 1 is 1.17 bits per heavy atom. The van der Waals surface area contributed by atoms with Gasteiger partial charge in [-0.15, -0.1) is 0 Å². The van der Waals surface area contributed by atoms with Crippen LogP contribution in [-0.4, -0.2) is 45.7 Å². The molecule has 0 heterocycles. The second-order valence-corrected chi connectivity index (χ2v) is 5.42. The number of aliphatic hydroxyl groups is 2. The largest absolute Gasteiger partial charge is 1.00 e. The summed E-state index contributed by atoms with van der Waals surface area (Å²) in [7, 11) is -4.82. The minimum Gasteiger partial charge on any atom is -0.746 e. The smallest absolute Gasteiger partial charge is 0.746 e. The fraction of sp³-hybridized carbons (Fsp3) is 1.00. The van der Waals surface area contributed by atoms with Crippen LogP contribution in [0.4, 0.5) is 0 Å². The van der Waals surface area contributed by atoms with Crippen molar-refractivity contribution in [2.24, 2.45) is 0 Å². The normalized spacial score (nSPS) is 16.4. The molecule has 0 aromatic heterocycles. The van der Waals surface area contributed by atoms with E-state index in [-0.39, 0.29) is 48.8 Å². The van der Waals surface area contributed by atoms with Crippen molar-refractivity contribution < 1.29 is 57.7 Å². The Balaban J connectivity index is 0. The summed E-state index contributed by atoms with van der Waals surface area (Å²) in [6.07, 6.45) is -1.12. The van der Waals surface area contributed by atoms with Crippen LogP contribution in [0.15, 0.2) is 0 Å². The molecule has 0 spiro atoms. The van der Waals surface area contributed by atoms with Gasteiger partial charge in [0, 0.05) is 17.8 Å². The van der Waals surface area contributed by atoms with E-state index in [2.05, 4.69) is 0 Å². The SMILES string of the molecule is CC(O)CCC(CCC(O)S(=O)(=O)[O-])[N+](=O)[O-].[Na+]. The number of rotatable bonds is 8. The molecule has 8 nitrogen and oxygen atoms in total. The third kappa shape index (κ3) is 9.20. The maximum atomic E-state index is 10.6. The number of nitrogens with zero attached hydrogens (tertiary/aromatic N) is 1. The van der Waals surface area contributed by atoms with Crippen LogP contribution in [0.2, 0.25) is 0 Å². The maximum absolute atomic E-state index is 10.6. The minimum absolute atomic E-state index is 0. The van der Waals surface area contributed by atoms with Crippen molar-refractivity contribution >= 4 is 10.1 Å². The first-order chi connectivity index (χ1) is 7.64. The fourth-order valence-electron chi connectivity index (χ4n) is 1.27. The van der Waals surface area contributed by atoms with E-state index in [4.69, 9.17) is 10.2 Å². The second kappa shape index (κ2) is 9.18. The molecular weight excluding hydrogens is 277 g/mol. The average molecular weight is 293 g/mol. The Bertz CT molecular complexity index is 345. The molecule has 0 aromatic rings. The molecule has 0 aromatic carbocycles. The van der Waals surface area contributed by atoms with E-state index in [1.165, 1.54) is 6.92 Å². The van der Waals surface area contributed by atoms with Gasteiger partial charge in [0.15, 0.2) is 0 Å². The van der Waals surface area contributed by atoms with Crippen molar-refractivity contribution in [1.82, 2.24) is 0 Å². The van der Waals surface area contributed by atoms with E-state index in [9.17, 15) is 23.1 Å². The van der Waals surface area contributed by atoms with Gasteiger partial charge in [-0.05, 0) is 19.8 Å². The van der Waals surface area contributed by atoms with Gasteiger partial charge in [0.05, 0.1) is 6.10 Å². The molecule has 0 saturated heterocycles. The Morgan fingerprint density at radius 3 is 1.94 bits per heavy atom. The zero-order valence-corrected chi connectivity index (χ0v) is 13.2. The predicted octanol–water partition coefficient (Wildman–Crippen LogP) is -3.56. The monoisotopic (exact) mass is 293 g/mol. The van der Waals surface area contributed by atoms with E-state index in [1.807, 2.05) is 0 Å². The van der Waals surface area contributed by atoms with Gasteiger partial charge in [-0.25, -0.2) is 8.42 Å². The van der Waals surface area contributed by atoms with Crippen LogP contribution in [0.1, 0.15) is 32.6 Å². The van der Waals surface area contributed by atoms with Crippen LogP contribution in [0.5, 0.6) is 0 Å². The minimum atomic E-state index is -4.82. The van der Waals surface area contributed by atoms with Crippen LogP contribution in [-0.2, 0) is 10.1 Å². The Morgan fingerprint density at radius 2 is 1.61 bits per heavy atom. The molecule has 0 amide bonds. The molecule has 0 aliphatic rings. The summed E-state index contributed by atoms with van der Waals surface area (Å²) >= 11 is 0. The number of aliphatic hydroxyl groups excluding tert-OH is 2. The molecule has 3 atom stereocenters. The van der Waals surface area contributed by atoms with Gasteiger partial charge in [0.25, 0.3) is 0 Å². The first-order valence-corrected chi connectivity index (χ1v) is 6.56. The summed E-state index contributed by atoms with van der Waals surface area (Å²) in [5.41, 5.74) is -2.11. The van der Waals surface area contributed by atoms with Gasteiger partial charge in [-0.1, -0.05) is 0 Å². The number of nitro groups is 1. The van der Waals surface area contributed by atoms with Crippen LogP contribution in [0.3, 0.4) is 0 Å². The zero-order chi connectivity index (χ0) is 13.6. The molecule has 0 radical (unpaired) electrons. The molecule has 2 N–H and O–H groups in total. The molecule has 18 heavy (non-hydrogen) atoms. The van der Waals surface area contributed by atoms with E-state index < -0.39 is 39.0 Å².